The molecule has 0 bridgehead atoms. The SMILES string of the molecule is CCN1CCCC1CN=C(N)NCCc1ccc(N(C)C)cc1. The average Bonchev–Trinajstić information content (AvgIpc) is 3.01. The quantitative estimate of drug-likeness (QED) is 0.593. The van der Waals surface area contributed by atoms with E-state index in [1.807, 2.05) is 0 Å². The number of anilines is 1. The first-order valence-electron chi connectivity index (χ1n) is 8.64. The molecular weight excluding hydrogens is 286 g/mol. The minimum absolute atomic E-state index is 0.567. The fourth-order valence-corrected chi connectivity index (χ4v) is 3.07. The van der Waals surface area contributed by atoms with Gasteiger partial charge in [0.2, 0.25) is 0 Å². The van der Waals surface area contributed by atoms with Crippen molar-refractivity contribution in [3.63, 3.8) is 0 Å². The van der Waals surface area contributed by atoms with Crippen LogP contribution >= 0.6 is 0 Å². The van der Waals surface area contributed by atoms with Crippen molar-refractivity contribution >= 4 is 11.6 Å². The third-order valence-corrected chi connectivity index (χ3v) is 4.55. The maximum Gasteiger partial charge on any atom is 0.188 e. The van der Waals surface area contributed by atoms with Crippen LogP contribution in [0, 0.1) is 0 Å². The van der Waals surface area contributed by atoms with Crippen molar-refractivity contribution in [1.82, 2.24) is 10.2 Å². The number of benzene rings is 1. The Morgan fingerprint density at radius 1 is 1.35 bits per heavy atom. The van der Waals surface area contributed by atoms with Gasteiger partial charge in [-0.1, -0.05) is 19.1 Å². The summed E-state index contributed by atoms with van der Waals surface area (Å²) in [5.41, 5.74) is 8.51. The van der Waals surface area contributed by atoms with E-state index in [0.717, 1.165) is 26.1 Å². The van der Waals surface area contributed by atoms with Gasteiger partial charge in [0.05, 0.1) is 6.54 Å². The second kappa shape index (κ2) is 8.77. The Labute approximate surface area is 140 Å². The molecule has 1 aromatic rings. The Hall–Kier alpha value is -1.75. The van der Waals surface area contributed by atoms with Crippen molar-refractivity contribution in [3.8, 4) is 0 Å². The van der Waals surface area contributed by atoms with Crippen LogP contribution in [0.5, 0.6) is 0 Å². The van der Waals surface area contributed by atoms with Crippen molar-refractivity contribution in [3.05, 3.63) is 29.8 Å². The molecule has 0 radical (unpaired) electrons. The van der Waals surface area contributed by atoms with Crippen molar-refractivity contribution in [2.45, 2.75) is 32.2 Å². The number of likely N-dealkylation sites (tertiary alicyclic amines) is 1. The molecule has 0 aliphatic carbocycles. The van der Waals surface area contributed by atoms with Crippen LogP contribution < -0.4 is 16.0 Å². The zero-order valence-corrected chi connectivity index (χ0v) is 14.8. The van der Waals surface area contributed by atoms with Crippen LogP contribution in [0.15, 0.2) is 29.3 Å². The summed E-state index contributed by atoms with van der Waals surface area (Å²) in [4.78, 5) is 9.10. The molecule has 0 amide bonds. The van der Waals surface area contributed by atoms with Gasteiger partial charge in [0.15, 0.2) is 5.96 Å². The Morgan fingerprint density at radius 3 is 2.74 bits per heavy atom. The molecule has 1 unspecified atom stereocenters. The highest BCUT2D eigenvalue weighted by Gasteiger charge is 2.22. The average molecular weight is 317 g/mol. The first-order chi connectivity index (χ1) is 11.1. The first kappa shape index (κ1) is 17.6. The fourth-order valence-electron chi connectivity index (χ4n) is 3.07. The van der Waals surface area contributed by atoms with Gasteiger partial charge in [0.1, 0.15) is 0 Å². The highest BCUT2D eigenvalue weighted by atomic mass is 15.2. The van der Waals surface area contributed by atoms with Gasteiger partial charge in [-0.3, -0.25) is 9.89 Å². The van der Waals surface area contributed by atoms with Crippen molar-refractivity contribution in [2.24, 2.45) is 10.7 Å². The molecule has 1 aliphatic heterocycles. The lowest BCUT2D eigenvalue weighted by Crippen LogP contribution is -2.36. The molecule has 1 saturated heterocycles. The van der Waals surface area contributed by atoms with Gasteiger partial charge < -0.3 is 16.0 Å². The summed E-state index contributed by atoms with van der Waals surface area (Å²) in [6.07, 6.45) is 3.47. The van der Waals surface area contributed by atoms with Crippen molar-refractivity contribution in [1.29, 1.82) is 0 Å². The van der Waals surface area contributed by atoms with E-state index in [1.165, 1.54) is 30.6 Å². The number of hydrogen-bond donors (Lipinski definition) is 2. The summed E-state index contributed by atoms with van der Waals surface area (Å²) in [5.74, 6) is 0.567. The summed E-state index contributed by atoms with van der Waals surface area (Å²) < 4.78 is 0. The number of aliphatic imine (C=N–C) groups is 1. The molecule has 128 valence electrons. The second-order valence-corrected chi connectivity index (χ2v) is 6.39. The number of likely N-dealkylation sites (N-methyl/N-ethyl adjacent to an activating group) is 1. The molecule has 1 aliphatic rings. The number of rotatable bonds is 7. The van der Waals surface area contributed by atoms with Crippen LogP contribution in [0.25, 0.3) is 0 Å². The largest absolute Gasteiger partial charge is 0.378 e. The Bertz CT molecular complexity index is 495. The summed E-state index contributed by atoms with van der Waals surface area (Å²) in [6, 6.07) is 9.20. The molecule has 1 atom stereocenters. The summed E-state index contributed by atoms with van der Waals surface area (Å²) >= 11 is 0. The van der Waals surface area contributed by atoms with E-state index in [2.05, 4.69) is 65.4 Å². The molecule has 5 heteroatoms. The van der Waals surface area contributed by atoms with E-state index in [1.54, 1.807) is 0 Å². The van der Waals surface area contributed by atoms with Crippen LogP contribution in [0.3, 0.4) is 0 Å². The number of nitrogens with one attached hydrogen (secondary N) is 1. The third-order valence-electron chi connectivity index (χ3n) is 4.55. The highest BCUT2D eigenvalue weighted by molar-refractivity contribution is 5.77. The van der Waals surface area contributed by atoms with E-state index in [4.69, 9.17) is 5.73 Å². The van der Waals surface area contributed by atoms with Gasteiger partial charge in [-0.25, -0.2) is 0 Å². The molecule has 0 aromatic heterocycles. The molecule has 0 spiro atoms. The lowest BCUT2D eigenvalue weighted by atomic mass is 10.1. The summed E-state index contributed by atoms with van der Waals surface area (Å²) in [7, 11) is 4.11. The van der Waals surface area contributed by atoms with Crippen LogP contribution in [0.4, 0.5) is 5.69 Å². The van der Waals surface area contributed by atoms with E-state index in [-0.39, 0.29) is 0 Å². The van der Waals surface area contributed by atoms with Crippen LogP contribution in [0.1, 0.15) is 25.3 Å². The standard InChI is InChI=1S/C18H31N5/c1-4-23-13-5-6-17(23)14-21-18(19)20-12-11-15-7-9-16(10-8-15)22(2)3/h7-10,17H,4-6,11-14H2,1-3H3,(H3,19,20,21). The zero-order chi connectivity index (χ0) is 16.7. The van der Waals surface area contributed by atoms with Gasteiger partial charge in [-0.2, -0.15) is 0 Å². The van der Waals surface area contributed by atoms with Crippen molar-refractivity contribution in [2.75, 3.05) is 45.2 Å². The zero-order valence-electron chi connectivity index (χ0n) is 14.8. The van der Waals surface area contributed by atoms with Gasteiger partial charge in [0, 0.05) is 32.4 Å². The Balaban J connectivity index is 1.71. The van der Waals surface area contributed by atoms with E-state index in [9.17, 15) is 0 Å². The second-order valence-electron chi connectivity index (χ2n) is 6.39. The van der Waals surface area contributed by atoms with Gasteiger partial charge >= 0.3 is 0 Å². The minimum atomic E-state index is 0.567. The maximum absolute atomic E-state index is 5.98. The molecule has 23 heavy (non-hydrogen) atoms. The highest BCUT2D eigenvalue weighted by Crippen LogP contribution is 2.16. The van der Waals surface area contributed by atoms with Crippen molar-refractivity contribution < 1.29 is 0 Å². The number of hydrogen-bond acceptors (Lipinski definition) is 3. The number of guanidine groups is 1. The molecule has 0 saturated carbocycles. The predicted octanol–water partition coefficient (Wildman–Crippen LogP) is 1.68. The number of nitrogens with zero attached hydrogens (tertiary/aromatic N) is 3. The van der Waals surface area contributed by atoms with E-state index >= 15 is 0 Å². The molecule has 1 fully saturated rings. The monoisotopic (exact) mass is 317 g/mol. The molecule has 2 rings (SSSR count). The summed E-state index contributed by atoms with van der Waals surface area (Å²) in [6.45, 7) is 6.15. The topological polar surface area (TPSA) is 56.9 Å². The first-order valence-corrected chi connectivity index (χ1v) is 8.64. The minimum Gasteiger partial charge on any atom is -0.378 e. The normalized spacial score (nSPS) is 19.1. The Morgan fingerprint density at radius 2 is 2.09 bits per heavy atom. The van der Waals surface area contributed by atoms with Crippen LogP contribution in [0.2, 0.25) is 0 Å². The third kappa shape index (κ3) is 5.43. The lowest BCUT2D eigenvalue weighted by molar-refractivity contribution is 0.273. The van der Waals surface area contributed by atoms with Gasteiger partial charge in [-0.15, -0.1) is 0 Å². The molecule has 3 N–H and O–H groups in total. The van der Waals surface area contributed by atoms with E-state index < -0.39 is 0 Å². The lowest BCUT2D eigenvalue weighted by Gasteiger charge is -2.21. The maximum atomic E-state index is 5.98. The molecule has 1 heterocycles. The van der Waals surface area contributed by atoms with Crippen LogP contribution in [-0.4, -0.2) is 57.2 Å². The fraction of sp³-hybridized carbons (Fsp3) is 0.611. The van der Waals surface area contributed by atoms with E-state index in [0.29, 0.717) is 12.0 Å². The van der Waals surface area contributed by atoms with Gasteiger partial charge in [0.25, 0.3) is 0 Å². The molecular formula is C18H31N5. The molecule has 5 nitrogen and oxygen atoms in total. The molecule has 1 aromatic carbocycles. The summed E-state index contributed by atoms with van der Waals surface area (Å²) in [5, 5.41) is 3.22. The Kier molecular flexibility index (Phi) is 6.71. The van der Waals surface area contributed by atoms with Gasteiger partial charge in [-0.05, 0) is 50.0 Å². The smallest absolute Gasteiger partial charge is 0.188 e. The van der Waals surface area contributed by atoms with Crippen LogP contribution in [-0.2, 0) is 6.42 Å². The number of nitrogens with two attached hydrogens (primary N) is 1. The predicted molar refractivity (Wildman–Crippen MR) is 99.2 cm³/mol.